The second kappa shape index (κ2) is 8.95. The number of nitrogens with one attached hydrogen (secondary N) is 1. The minimum atomic E-state index is -0.660. The van der Waals surface area contributed by atoms with Gasteiger partial charge < -0.3 is 10.2 Å². The molecule has 0 bridgehead atoms. The molecule has 0 saturated heterocycles. The third-order valence-corrected chi connectivity index (χ3v) is 8.84. The molecule has 202 valence electrons. The first-order valence-electron chi connectivity index (χ1n) is 14.1. The van der Waals surface area contributed by atoms with E-state index in [1.54, 1.807) is 6.20 Å². The molecule has 1 aromatic carbocycles. The first-order valence-corrected chi connectivity index (χ1v) is 14.1. The Morgan fingerprint density at radius 2 is 1.93 bits per heavy atom. The number of hydrogen-bond acceptors (Lipinski definition) is 5. The number of anilines is 1. The van der Waals surface area contributed by atoms with Crippen LogP contribution in [-0.4, -0.2) is 38.2 Å². The zero-order chi connectivity index (χ0) is 27.6. The molecule has 1 spiro atoms. The number of aromatic nitrogens is 3. The zero-order valence-electron chi connectivity index (χ0n) is 23.2. The van der Waals surface area contributed by atoms with Gasteiger partial charge in [-0.2, -0.15) is 0 Å². The maximum Gasteiger partial charge on any atom is 0.237 e. The average molecular weight is 532 g/mol. The molecule has 4 aromatic rings. The third-order valence-electron chi connectivity index (χ3n) is 8.84. The van der Waals surface area contributed by atoms with Gasteiger partial charge in [-0.15, -0.1) is 0 Å². The first kappa shape index (κ1) is 24.9. The fourth-order valence-electron chi connectivity index (χ4n) is 6.86. The number of hydrogen-bond donors (Lipinski definition) is 1. The molecule has 3 aliphatic rings. The number of nitrogens with zero attached hydrogens (tertiary/aromatic N) is 4. The van der Waals surface area contributed by atoms with E-state index in [1.165, 1.54) is 11.1 Å². The minimum Gasteiger partial charge on any atom is -0.337 e. The SMILES string of the molecule is CC(C)(C)C(=O)N(Cc1cnc2nc3c(cc2c1)C[C@@]1(C3)C(=O)Nc2ncccc21)C[C@@H]1CCc2ccccc21. The van der Waals surface area contributed by atoms with Crippen LogP contribution in [0.2, 0.25) is 0 Å². The number of amides is 2. The smallest absolute Gasteiger partial charge is 0.237 e. The highest BCUT2D eigenvalue weighted by Gasteiger charge is 2.51. The molecule has 7 nitrogen and oxygen atoms in total. The van der Waals surface area contributed by atoms with Crippen LogP contribution in [0.25, 0.3) is 11.0 Å². The molecule has 0 radical (unpaired) electrons. The van der Waals surface area contributed by atoms with E-state index in [4.69, 9.17) is 9.97 Å². The van der Waals surface area contributed by atoms with Crippen molar-refractivity contribution in [2.45, 2.75) is 64.3 Å². The molecule has 7 rings (SSSR count). The fraction of sp³-hybridized carbons (Fsp3) is 0.364. The summed E-state index contributed by atoms with van der Waals surface area (Å²) in [4.78, 5) is 42.7. The summed E-state index contributed by atoms with van der Waals surface area (Å²) in [6.07, 6.45) is 6.82. The van der Waals surface area contributed by atoms with E-state index in [0.717, 1.165) is 40.6 Å². The molecule has 2 atom stereocenters. The summed E-state index contributed by atoms with van der Waals surface area (Å²) in [6.45, 7) is 7.15. The van der Waals surface area contributed by atoms with Gasteiger partial charge in [0.2, 0.25) is 11.8 Å². The van der Waals surface area contributed by atoms with Crippen LogP contribution in [0.3, 0.4) is 0 Å². The Labute approximate surface area is 234 Å². The normalized spacial score (nSPS) is 20.9. The summed E-state index contributed by atoms with van der Waals surface area (Å²) >= 11 is 0. The highest BCUT2D eigenvalue weighted by molar-refractivity contribution is 6.06. The van der Waals surface area contributed by atoms with Gasteiger partial charge in [-0.1, -0.05) is 51.1 Å². The van der Waals surface area contributed by atoms with Gasteiger partial charge in [0.1, 0.15) is 5.82 Å². The molecule has 3 aromatic heterocycles. The van der Waals surface area contributed by atoms with Crippen molar-refractivity contribution in [2.75, 3.05) is 11.9 Å². The van der Waals surface area contributed by atoms with E-state index in [1.807, 2.05) is 44.0 Å². The Morgan fingerprint density at radius 1 is 1.07 bits per heavy atom. The van der Waals surface area contributed by atoms with Crippen molar-refractivity contribution in [3.05, 3.63) is 94.4 Å². The molecule has 0 unspecified atom stereocenters. The standard InChI is InChI=1S/C33H33N5O2/c1-32(2,3)31(40)38(19-22-11-10-21-7-4-5-8-25(21)22)18-20-13-23-14-24-15-33(16-27(24)36-28(23)35-17-20)26-9-6-12-34-29(26)37-30(33)39/h4-9,12-14,17,22H,10-11,15-16,18-19H2,1-3H3,(H,34,37,39)/t22-,33-/m0/s1. The van der Waals surface area contributed by atoms with Crippen molar-refractivity contribution < 1.29 is 9.59 Å². The van der Waals surface area contributed by atoms with Gasteiger partial charge in [-0.05, 0) is 59.7 Å². The number of fused-ring (bicyclic) bond motifs is 5. The number of benzene rings is 1. The minimum absolute atomic E-state index is 0.0123. The Bertz CT molecular complexity index is 1690. The number of aryl methyl sites for hydroxylation is 1. The number of carbonyl (C=O) groups excluding carboxylic acids is 2. The Hall–Kier alpha value is -4.13. The second-order valence-corrected chi connectivity index (χ2v) is 12.6. The Morgan fingerprint density at radius 3 is 2.77 bits per heavy atom. The van der Waals surface area contributed by atoms with E-state index >= 15 is 0 Å². The van der Waals surface area contributed by atoms with Crippen LogP contribution in [0.15, 0.2) is 60.9 Å². The molecule has 2 aliphatic carbocycles. The number of rotatable bonds is 4. The quantitative estimate of drug-likeness (QED) is 0.395. The van der Waals surface area contributed by atoms with Crippen LogP contribution < -0.4 is 5.32 Å². The van der Waals surface area contributed by atoms with E-state index < -0.39 is 10.8 Å². The van der Waals surface area contributed by atoms with Gasteiger partial charge >= 0.3 is 0 Å². The lowest BCUT2D eigenvalue weighted by Crippen LogP contribution is -2.41. The van der Waals surface area contributed by atoms with Crippen molar-refractivity contribution >= 4 is 28.7 Å². The monoisotopic (exact) mass is 531 g/mol. The van der Waals surface area contributed by atoms with Crippen molar-refractivity contribution in [1.29, 1.82) is 0 Å². The van der Waals surface area contributed by atoms with Crippen LogP contribution in [-0.2, 0) is 40.8 Å². The van der Waals surface area contributed by atoms with E-state index in [2.05, 4.69) is 46.7 Å². The van der Waals surface area contributed by atoms with Crippen LogP contribution in [0.1, 0.15) is 66.6 Å². The van der Waals surface area contributed by atoms with Gasteiger partial charge in [-0.25, -0.2) is 15.0 Å². The summed E-state index contributed by atoms with van der Waals surface area (Å²) in [7, 11) is 0. The van der Waals surface area contributed by atoms with Crippen molar-refractivity contribution in [3.63, 3.8) is 0 Å². The Kier molecular flexibility index (Phi) is 5.56. The van der Waals surface area contributed by atoms with Gasteiger partial charge in [0.15, 0.2) is 5.65 Å². The molecular formula is C33H33N5O2. The highest BCUT2D eigenvalue weighted by Crippen LogP contribution is 2.46. The van der Waals surface area contributed by atoms with Gasteiger partial charge in [-0.3, -0.25) is 9.59 Å². The van der Waals surface area contributed by atoms with Crippen LogP contribution in [0.5, 0.6) is 0 Å². The molecule has 1 N–H and O–H groups in total. The summed E-state index contributed by atoms with van der Waals surface area (Å²) in [5.41, 5.74) is 6.22. The molecule has 7 heteroatoms. The van der Waals surface area contributed by atoms with E-state index in [-0.39, 0.29) is 11.8 Å². The molecule has 4 heterocycles. The molecule has 0 fully saturated rings. The number of pyridine rings is 3. The summed E-state index contributed by atoms with van der Waals surface area (Å²) < 4.78 is 0. The van der Waals surface area contributed by atoms with Crippen LogP contribution in [0.4, 0.5) is 5.82 Å². The molecule has 0 saturated carbocycles. The lowest BCUT2D eigenvalue weighted by atomic mass is 9.80. The predicted molar refractivity (Wildman–Crippen MR) is 154 cm³/mol. The summed E-state index contributed by atoms with van der Waals surface area (Å²) in [6, 6.07) is 16.7. The molecule has 40 heavy (non-hydrogen) atoms. The number of carbonyl (C=O) groups is 2. The first-order chi connectivity index (χ1) is 19.2. The third kappa shape index (κ3) is 3.98. The predicted octanol–water partition coefficient (Wildman–Crippen LogP) is 5.12. The van der Waals surface area contributed by atoms with Crippen LogP contribution >= 0.6 is 0 Å². The van der Waals surface area contributed by atoms with E-state index in [9.17, 15) is 9.59 Å². The largest absolute Gasteiger partial charge is 0.337 e. The van der Waals surface area contributed by atoms with Crippen molar-refractivity contribution in [2.24, 2.45) is 5.41 Å². The van der Waals surface area contributed by atoms with Crippen molar-refractivity contribution in [1.82, 2.24) is 19.9 Å². The van der Waals surface area contributed by atoms with Crippen molar-refractivity contribution in [3.8, 4) is 0 Å². The Balaban J connectivity index is 1.18. The molecule has 2 amide bonds. The lowest BCUT2D eigenvalue weighted by Gasteiger charge is -2.32. The highest BCUT2D eigenvalue weighted by atomic mass is 16.2. The van der Waals surface area contributed by atoms with Crippen LogP contribution in [0, 0.1) is 5.41 Å². The maximum atomic E-state index is 13.6. The second-order valence-electron chi connectivity index (χ2n) is 12.6. The van der Waals surface area contributed by atoms with Gasteiger partial charge in [0, 0.05) is 59.9 Å². The fourth-order valence-corrected chi connectivity index (χ4v) is 6.86. The molecule has 1 aliphatic heterocycles. The zero-order valence-corrected chi connectivity index (χ0v) is 23.2. The summed E-state index contributed by atoms with van der Waals surface area (Å²) in [5.74, 6) is 1.12. The van der Waals surface area contributed by atoms with E-state index in [0.29, 0.717) is 43.3 Å². The average Bonchev–Trinajstić information content (AvgIpc) is 3.60. The topological polar surface area (TPSA) is 88.1 Å². The van der Waals surface area contributed by atoms with Gasteiger partial charge in [0.05, 0.1) is 5.41 Å². The lowest BCUT2D eigenvalue weighted by molar-refractivity contribution is -0.140. The molecular weight excluding hydrogens is 498 g/mol. The summed E-state index contributed by atoms with van der Waals surface area (Å²) in [5, 5.41) is 3.90. The van der Waals surface area contributed by atoms with Gasteiger partial charge in [0.25, 0.3) is 0 Å². The maximum absolute atomic E-state index is 13.6.